The highest BCUT2D eigenvalue weighted by Crippen LogP contribution is 2.27. The lowest BCUT2D eigenvalue weighted by Gasteiger charge is -2.20. The Bertz CT molecular complexity index is 1190. The molecule has 0 spiro atoms. The number of benzene rings is 1. The van der Waals surface area contributed by atoms with Gasteiger partial charge in [0.25, 0.3) is 0 Å². The Morgan fingerprint density at radius 2 is 1.94 bits per heavy atom. The number of nitrogens with one attached hydrogen (secondary N) is 1. The summed E-state index contributed by atoms with van der Waals surface area (Å²) in [6, 6.07) is 4.44. The van der Waals surface area contributed by atoms with Crippen molar-refractivity contribution < 1.29 is 33.0 Å². The van der Waals surface area contributed by atoms with Crippen molar-refractivity contribution >= 4 is 28.8 Å². The lowest BCUT2D eigenvalue weighted by atomic mass is 9.92. The van der Waals surface area contributed by atoms with Crippen LogP contribution in [0.2, 0.25) is 0 Å². The van der Waals surface area contributed by atoms with Gasteiger partial charge in [-0.25, -0.2) is 9.59 Å². The monoisotopic (exact) mass is 486 g/mol. The van der Waals surface area contributed by atoms with Gasteiger partial charge in [0.1, 0.15) is 18.0 Å². The van der Waals surface area contributed by atoms with Crippen LogP contribution in [0.4, 0.5) is 4.79 Å². The van der Waals surface area contributed by atoms with Crippen LogP contribution in [0.5, 0.6) is 0 Å². The maximum atomic E-state index is 12.5. The molecule has 1 saturated carbocycles. The number of carbonyl (C=O) groups excluding carboxylic acids is 3. The lowest BCUT2D eigenvalue weighted by molar-refractivity contribution is -0.132. The van der Waals surface area contributed by atoms with Crippen LogP contribution in [0.1, 0.15) is 51.6 Å². The van der Waals surface area contributed by atoms with Crippen molar-refractivity contribution in [1.29, 1.82) is 0 Å². The number of carbonyl (C=O) groups is 3. The summed E-state index contributed by atoms with van der Waals surface area (Å²) < 4.78 is 22.7. The standard InChI is InChI=1S/C25H30N2O8/c1-25(2,3)35-23(30)26-11-13-33-15-14-32-12-5-7-17-6-4-8-20-22(17)34-24(31)27(20)19-10-9-18(28)16-21(19)29/h4,6,8,19H,9-16H2,1-3H3,(H,26,30). The van der Waals surface area contributed by atoms with Crippen molar-refractivity contribution in [1.82, 2.24) is 9.88 Å². The number of rotatable bonds is 8. The Morgan fingerprint density at radius 1 is 1.17 bits per heavy atom. The third kappa shape index (κ3) is 7.53. The van der Waals surface area contributed by atoms with Crippen molar-refractivity contribution in [2.24, 2.45) is 0 Å². The molecule has 188 valence electrons. The number of Topliss-reactive ketones (excluding diaryl/α,β-unsaturated/α-hetero) is 2. The molecule has 1 aliphatic carbocycles. The lowest BCUT2D eigenvalue weighted by Crippen LogP contribution is -2.34. The number of aromatic nitrogens is 1. The van der Waals surface area contributed by atoms with Gasteiger partial charge in [-0.05, 0) is 39.3 Å². The van der Waals surface area contributed by atoms with Gasteiger partial charge in [-0.1, -0.05) is 17.9 Å². The third-order valence-corrected chi connectivity index (χ3v) is 5.08. The topological polar surface area (TPSA) is 126 Å². The number of alkyl carbamates (subject to hydrolysis) is 1. The van der Waals surface area contributed by atoms with E-state index < -0.39 is 23.5 Å². The number of hydrogen-bond donors (Lipinski definition) is 1. The first kappa shape index (κ1) is 26.2. The number of hydrogen-bond acceptors (Lipinski definition) is 8. The van der Waals surface area contributed by atoms with Crippen LogP contribution in [0.15, 0.2) is 27.4 Å². The fourth-order valence-corrected chi connectivity index (χ4v) is 3.60. The molecule has 1 aromatic carbocycles. The molecule has 1 amide bonds. The summed E-state index contributed by atoms with van der Waals surface area (Å²) in [5.41, 5.74) is 0.738. The van der Waals surface area contributed by atoms with E-state index in [1.54, 1.807) is 39.0 Å². The molecule has 0 bridgehead atoms. The van der Waals surface area contributed by atoms with Crippen LogP contribution in [0.25, 0.3) is 11.1 Å². The number of oxazole rings is 1. The van der Waals surface area contributed by atoms with Crippen molar-refractivity contribution in [3.05, 3.63) is 34.3 Å². The van der Waals surface area contributed by atoms with Crippen LogP contribution < -0.4 is 11.1 Å². The Balaban J connectivity index is 1.45. The molecular formula is C25H30N2O8. The second kappa shape index (κ2) is 11.8. The normalized spacial score (nSPS) is 16.1. The highest BCUT2D eigenvalue weighted by atomic mass is 16.6. The zero-order chi connectivity index (χ0) is 25.4. The molecule has 1 aromatic heterocycles. The SMILES string of the molecule is CC(C)(C)OC(=O)NCCOCCOCC#Cc1cccc2c1oc(=O)n2C1CCC(=O)CC1=O. The van der Waals surface area contributed by atoms with Gasteiger partial charge in [0, 0.05) is 13.0 Å². The molecule has 3 rings (SSSR count). The minimum atomic E-state index is -0.702. The highest BCUT2D eigenvalue weighted by molar-refractivity contribution is 6.03. The molecule has 35 heavy (non-hydrogen) atoms. The Morgan fingerprint density at radius 3 is 2.69 bits per heavy atom. The van der Waals surface area contributed by atoms with Gasteiger partial charge in [-0.15, -0.1) is 0 Å². The first-order valence-corrected chi connectivity index (χ1v) is 11.5. The molecule has 0 radical (unpaired) electrons. The van der Waals surface area contributed by atoms with Crippen LogP contribution in [0.3, 0.4) is 0 Å². The molecule has 2 aromatic rings. The predicted molar refractivity (Wildman–Crippen MR) is 126 cm³/mol. The summed E-state index contributed by atoms with van der Waals surface area (Å²) in [7, 11) is 0. The van der Waals surface area contributed by atoms with Crippen LogP contribution in [-0.2, 0) is 23.8 Å². The van der Waals surface area contributed by atoms with E-state index in [1.807, 2.05) is 0 Å². The Labute approximate surface area is 202 Å². The minimum Gasteiger partial charge on any atom is -0.444 e. The van der Waals surface area contributed by atoms with Gasteiger partial charge >= 0.3 is 11.8 Å². The predicted octanol–water partition coefficient (Wildman–Crippen LogP) is 2.37. The zero-order valence-corrected chi connectivity index (χ0v) is 20.2. The fourth-order valence-electron chi connectivity index (χ4n) is 3.60. The number of fused-ring (bicyclic) bond motifs is 1. The molecule has 1 heterocycles. The van der Waals surface area contributed by atoms with Gasteiger partial charge in [-0.3, -0.25) is 14.2 Å². The highest BCUT2D eigenvalue weighted by Gasteiger charge is 2.31. The van der Waals surface area contributed by atoms with Crippen molar-refractivity contribution in [2.75, 3.05) is 33.0 Å². The van der Waals surface area contributed by atoms with E-state index in [9.17, 15) is 19.2 Å². The van der Waals surface area contributed by atoms with Crippen molar-refractivity contribution in [2.45, 2.75) is 51.7 Å². The van der Waals surface area contributed by atoms with Crippen molar-refractivity contribution in [3.63, 3.8) is 0 Å². The molecule has 0 aliphatic heterocycles. The smallest absolute Gasteiger partial charge is 0.420 e. The zero-order valence-electron chi connectivity index (χ0n) is 20.2. The molecule has 1 N–H and O–H groups in total. The number of para-hydroxylation sites is 1. The second-order valence-corrected chi connectivity index (χ2v) is 9.02. The first-order chi connectivity index (χ1) is 16.7. The maximum Gasteiger partial charge on any atom is 0.420 e. The summed E-state index contributed by atoms with van der Waals surface area (Å²) in [5.74, 6) is 4.77. The summed E-state index contributed by atoms with van der Waals surface area (Å²) in [6.07, 6.45) is -0.107. The third-order valence-electron chi connectivity index (χ3n) is 5.08. The van der Waals surface area contributed by atoms with E-state index in [4.69, 9.17) is 18.6 Å². The second-order valence-electron chi connectivity index (χ2n) is 9.02. The molecule has 1 aliphatic rings. The molecule has 10 nitrogen and oxygen atoms in total. The van der Waals surface area contributed by atoms with Gasteiger partial charge in [0.05, 0.1) is 43.4 Å². The van der Waals surface area contributed by atoms with E-state index in [2.05, 4.69) is 17.2 Å². The van der Waals surface area contributed by atoms with Gasteiger partial charge < -0.3 is 23.9 Å². The first-order valence-electron chi connectivity index (χ1n) is 11.5. The number of amides is 1. The molecule has 10 heteroatoms. The maximum absolute atomic E-state index is 12.5. The summed E-state index contributed by atoms with van der Waals surface area (Å²) in [4.78, 5) is 47.8. The van der Waals surface area contributed by atoms with E-state index in [0.29, 0.717) is 43.0 Å². The van der Waals surface area contributed by atoms with Gasteiger partial charge in [-0.2, -0.15) is 0 Å². The van der Waals surface area contributed by atoms with Gasteiger partial charge in [0.15, 0.2) is 11.4 Å². The minimum absolute atomic E-state index is 0.110. The van der Waals surface area contributed by atoms with Crippen LogP contribution in [-0.4, -0.2) is 60.8 Å². The summed E-state index contributed by atoms with van der Waals surface area (Å²) >= 11 is 0. The molecular weight excluding hydrogens is 456 g/mol. The molecule has 1 atom stereocenters. The Kier molecular flexibility index (Phi) is 8.84. The average Bonchev–Trinajstić information content (AvgIpc) is 3.10. The van der Waals surface area contributed by atoms with E-state index >= 15 is 0 Å². The molecule has 1 fully saturated rings. The van der Waals surface area contributed by atoms with Crippen LogP contribution in [0, 0.1) is 11.8 Å². The van der Waals surface area contributed by atoms with Gasteiger partial charge in [0.2, 0.25) is 0 Å². The summed E-state index contributed by atoms with van der Waals surface area (Å²) in [5, 5.41) is 2.60. The number of ether oxygens (including phenoxy) is 3. The van der Waals surface area contributed by atoms with E-state index in [-0.39, 0.29) is 37.4 Å². The summed E-state index contributed by atoms with van der Waals surface area (Å²) in [6.45, 7) is 6.82. The average molecular weight is 487 g/mol. The molecule has 1 unspecified atom stereocenters. The van der Waals surface area contributed by atoms with Crippen molar-refractivity contribution in [3.8, 4) is 11.8 Å². The fraction of sp³-hybridized carbons (Fsp3) is 0.520. The van der Waals surface area contributed by atoms with E-state index in [1.165, 1.54) is 4.57 Å². The van der Waals surface area contributed by atoms with Crippen LogP contribution >= 0.6 is 0 Å². The number of nitrogens with zero attached hydrogens (tertiary/aromatic N) is 1. The molecule has 0 saturated heterocycles. The quantitative estimate of drug-likeness (QED) is 0.342. The number of ketones is 2. The van der Waals surface area contributed by atoms with E-state index in [0.717, 1.165) is 0 Å². The largest absolute Gasteiger partial charge is 0.444 e. The Hall–Kier alpha value is -3.42.